The van der Waals surface area contributed by atoms with Crippen LogP contribution in [0.3, 0.4) is 0 Å². The van der Waals surface area contributed by atoms with E-state index in [0.29, 0.717) is 23.0 Å². The Hall–Kier alpha value is -3.14. The third-order valence-electron chi connectivity index (χ3n) is 4.55. The van der Waals surface area contributed by atoms with Crippen LogP contribution in [0.25, 0.3) is 0 Å². The average Bonchev–Trinajstić information content (AvgIpc) is 3.06. The van der Waals surface area contributed by atoms with E-state index in [1.807, 2.05) is 12.1 Å². The molecule has 0 fully saturated rings. The Morgan fingerprint density at radius 1 is 1.35 bits per heavy atom. The second-order valence-corrected chi connectivity index (χ2v) is 6.06. The van der Waals surface area contributed by atoms with Crippen molar-refractivity contribution in [3.63, 3.8) is 0 Å². The molecule has 0 amide bonds. The predicted octanol–water partition coefficient (Wildman–Crippen LogP) is 2.99. The lowest BCUT2D eigenvalue weighted by molar-refractivity contribution is 0.372. The van der Waals surface area contributed by atoms with Crippen LogP contribution in [0.2, 0.25) is 0 Å². The number of nitrogens with zero attached hydrogens (tertiary/aromatic N) is 2. The zero-order valence-electron chi connectivity index (χ0n) is 15.1. The van der Waals surface area contributed by atoms with Crippen LogP contribution in [0.15, 0.2) is 29.7 Å². The first-order chi connectivity index (χ1) is 12.6. The molecule has 26 heavy (non-hydrogen) atoms. The molecule has 0 saturated heterocycles. The molecule has 0 aliphatic carbocycles. The molecule has 0 radical (unpaired) electrons. The van der Waals surface area contributed by atoms with E-state index in [1.165, 1.54) is 0 Å². The Balaban J connectivity index is 2.19. The minimum absolute atomic E-state index is 0.0661. The molecule has 1 aliphatic rings. The number of nitriles is 1. The van der Waals surface area contributed by atoms with Gasteiger partial charge in [0.2, 0.25) is 11.8 Å². The van der Waals surface area contributed by atoms with Crippen LogP contribution in [0.4, 0.5) is 0 Å². The Morgan fingerprint density at radius 3 is 2.81 bits per heavy atom. The molecule has 0 saturated carbocycles. The Kier molecular flexibility index (Phi) is 5.03. The zero-order valence-corrected chi connectivity index (χ0v) is 15.1. The molecule has 2 aromatic rings. The van der Waals surface area contributed by atoms with Crippen molar-refractivity contribution in [1.82, 2.24) is 10.2 Å². The van der Waals surface area contributed by atoms with Crippen molar-refractivity contribution in [1.29, 1.82) is 5.26 Å². The van der Waals surface area contributed by atoms with Gasteiger partial charge in [0, 0.05) is 17.3 Å². The quantitative estimate of drug-likeness (QED) is 0.826. The van der Waals surface area contributed by atoms with E-state index in [-0.39, 0.29) is 5.88 Å². The van der Waals surface area contributed by atoms with Crippen LogP contribution in [0, 0.1) is 11.3 Å². The summed E-state index contributed by atoms with van der Waals surface area (Å²) in [5.41, 5.74) is 8.96. The van der Waals surface area contributed by atoms with Gasteiger partial charge in [0.05, 0.1) is 25.7 Å². The highest BCUT2D eigenvalue weighted by atomic mass is 16.5. The van der Waals surface area contributed by atoms with E-state index in [9.17, 15) is 5.26 Å². The third-order valence-corrected chi connectivity index (χ3v) is 4.55. The molecule has 7 heteroatoms. The molecular weight excluding hydrogens is 332 g/mol. The van der Waals surface area contributed by atoms with Gasteiger partial charge in [-0.3, -0.25) is 5.10 Å². The van der Waals surface area contributed by atoms with Crippen molar-refractivity contribution in [2.24, 2.45) is 5.73 Å². The summed E-state index contributed by atoms with van der Waals surface area (Å²) in [6.07, 6.45) is 2.87. The highest BCUT2D eigenvalue weighted by molar-refractivity contribution is 5.59. The fraction of sp³-hybridized carbons (Fsp3) is 0.368. The lowest BCUT2D eigenvalue weighted by Crippen LogP contribution is -2.21. The van der Waals surface area contributed by atoms with Crippen molar-refractivity contribution in [3.8, 4) is 23.4 Å². The molecule has 0 unspecified atom stereocenters. The van der Waals surface area contributed by atoms with Crippen LogP contribution in [-0.2, 0) is 6.42 Å². The van der Waals surface area contributed by atoms with E-state index in [4.69, 9.17) is 19.9 Å². The number of allylic oxidation sites excluding steroid dienone is 1. The molecule has 0 spiro atoms. The zero-order chi connectivity index (χ0) is 18.7. The first-order valence-corrected chi connectivity index (χ1v) is 8.51. The second-order valence-electron chi connectivity index (χ2n) is 6.06. The average molecular weight is 354 g/mol. The number of nitrogens with two attached hydrogens (primary N) is 1. The number of rotatable bonds is 6. The number of aryl methyl sites for hydroxylation is 1. The molecular formula is C19H22N4O3. The van der Waals surface area contributed by atoms with Crippen LogP contribution < -0.4 is 19.9 Å². The van der Waals surface area contributed by atoms with Crippen LogP contribution >= 0.6 is 0 Å². The molecule has 0 bridgehead atoms. The van der Waals surface area contributed by atoms with Crippen LogP contribution in [-0.4, -0.2) is 24.4 Å². The number of H-pyrrole nitrogens is 1. The predicted molar refractivity (Wildman–Crippen MR) is 96.0 cm³/mol. The number of aromatic amines is 1. The van der Waals surface area contributed by atoms with Crippen molar-refractivity contribution in [2.75, 3.05) is 14.2 Å². The number of fused-ring (bicyclic) bond motifs is 1. The highest BCUT2D eigenvalue weighted by Crippen LogP contribution is 2.46. The largest absolute Gasteiger partial charge is 0.497 e. The second kappa shape index (κ2) is 7.40. The molecule has 1 aromatic heterocycles. The van der Waals surface area contributed by atoms with Gasteiger partial charge in [-0.05, 0) is 18.9 Å². The molecule has 3 rings (SSSR count). The minimum Gasteiger partial charge on any atom is -0.497 e. The lowest BCUT2D eigenvalue weighted by atomic mass is 9.83. The number of aromatic nitrogens is 2. The van der Waals surface area contributed by atoms with Crippen LogP contribution in [0.5, 0.6) is 17.4 Å². The summed E-state index contributed by atoms with van der Waals surface area (Å²) in [6.45, 7) is 2.13. The maximum atomic E-state index is 9.72. The van der Waals surface area contributed by atoms with Gasteiger partial charge in [-0.15, -0.1) is 5.10 Å². The van der Waals surface area contributed by atoms with Crippen molar-refractivity contribution in [2.45, 2.75) is 32.1 Å². The number of hydrogen-bond donors (Lipinski definition) is 2. The third kappa shape index (κ3) is 2.94. The monoisotopic (exact) mass is 354 g/mol. The Labute approximate surface area is 152 Å². The molecule has 2 heterocycles. The summed E-state index contributed by atoms with van der Waals surface area (Å²) in [6, 6.07) is 7.72. The summed E-state index contributed by atoms with van der Waals surface area (Å²) >= 11 is 0. The van der Waals surface area contributed by atoms with E-state index in [1.54, 1.807) is 20.3 Å². The van der Waals surface area contributed by atoms with Gasteiger partial charge in [-0.25, -0.2) is 0 Å². The standard InChI is InChI=1S/C19H22N4O3/c1-4-5-6-14-17-16(12-8-7-11(24-2)9-15(12)25-3)13(10-20)18(21)26-19(17)23-22-14/h7-9,16H,4-6,21H2,1-3H3,(H,22,23)/t16-/m0/s1. The number of hydrogen-bond acceptors (Lipinski definition) is 6. The van der Waals surface area contributed by atoms with E-state index in [2.05, 4.69) is 23.2 Å². The number of benzene rings is 1. The summed E-state index contributed by atoms with van der Waals surface area (Å²) in [5.74, 6) is 1.36. The van der Waals surface area contributed by atoms with Gasteiger partial charge in [0.25, 0.3) is 0 Å². The molecule has 1 aliphatic heterocycles. The van der Waals surface area contributed by atoms with Gasteiger partial charge >= 0.3 is 0 Å². The smallest absolute Gasteiger partial charge is 0.244 e. The summed E-state index contributed by atoms with van der Waals surface area (Å²) in [7, 11) is 3.18. The normalized spacial score (nSPS) is 15.8. The Morgan fingerprint density at radius 2 is 2.15 bits per heavy atom. The molecule has 136 valence electrons. The maximum Gasteiger partial charge on any atom is 0.244 e. The number of ether oxygens (including phenoxy) is 3. The topological polar surface area (TPSA) is 106 Å². The first kappa shape index (κ1) is 17.7. The lowest BCUT2D eigenvalue weighted by Gasteiger charge is -2.25. The number of nitrogens with one attached hydrogen (secondary N) is 1. The van der Waals surface area contributed by atoms with E-state index in [0.717, 1.165) is 36.1 Å². The van der Waals surface area contributed by atoms with Crippen LogP contribution in [0.1, 0.15) is 42.5 Å². The fourth-order valence-corrected chi connectivity index (χ4v) is 3.22. The molecule has 1 aromatic carbocycles. The maximum absolute atomic E-state index is 9.72. The van der Waals surface area contributed by atoms with Crippen molar-refractivity contribution < 1.29 is 14.2 Å². The van der Waals surface area contributed by atoms with Crippen molar-refractivity contribution >= 4 is 0 Å². The summed E-state index contributed by atoms with van der Waals surface area (Å²) < 4.78 is 16.4. The SMILES string of the molecule is CCCCc1[nH]nc2c1[C@@H](c1ccc(OC)cc1OC)C(C#N)=C(N)O2. The fourth-order valence-electron chi connectivity index (χ4n) is 3.22. The summed E-state index contributed by atoms with van der Waals surface area (Å²) in [4.78, 5) is 0. The minimum atomic E-state index is -0.407. The first-order valence-electron chi connectivity index (χ1n) is 8.51. The van der Waals surface area contributed by atoms with Gasteiger partial charge in [-0.1, -0.05) is 19.4 Å². The molecule has 7 nitrogen and oxygen atoms in total. The molecule has 3 N–H and O–H groups in total. The molecule has 1 atom stereocenters. The number of methoxy groups -OCH3 is 2. The summed E-state index contributed by atoms with van der Waals surface area (Å²) in [5, 5.41) is 17.0. The van der Waals surface area contributed by atoms with Gasteiger partial charge in [-0.2, -0.15) is 5.26 Å². The van der Waals surface area contributed by atoms with Gasteiger partial charge < -0.3 is 19.9 Å². The van der Waals surface area contributed by atoms with Gasteiger partial charge in [0.15, 0.2) is 0 Å². The van der Waals surface area contributed by atoms with E-state index < -0.39 is 5.92 Å². The van der Waals surface area contributed by atoms with Crippen molar-refractivity contribution in [3.05, 3.63) is 46.5 Å². The van der Waals surface area contributed by atoms with Gasteiger partial charge in [0.1, 0.15) is 23.1 Å². The number of unbranched alkanes of at least 4 members (excludes halogenated alkanes) is 1. The Bertz CT molecular complexity index is 879. The highest BCUT2D eigenvalue weighted by Gasteiger charge is 2.36. The van der Waals surface area contributed by atoms with E-state index >= 15 is 0 Å².